The van der Waals surface area contributed by atoms with Crippen molar-refractivity contribution in [2.75, 3.05) is 13.1 Å². The first kappa shape index (κ1) is 13.3. The van der Waals surface area contributed by atoms with Gasteiger partial charge in [-0.25, -0.2) is 0 Å². The van der Waals surface area contributed by atoms with Gasteiger partial charge in [0.2, 0.25) is 0 Å². The van der Waals surface area contributed by atoms with Crippen molar-refractivity contribution in [3.05, 3.63) is 0 Å². The van der Waals surface area contributed by atoms with Crippen LogP contribution in [0.3, 0.4) is 0 Å². The van der Waals surface area contributed by atoms with Crippen LogP contribution in [0.2, 0.25) is 0 Å². The molecule has 2 rings (SSSR count). The van der Waals surface area contributed by atoms with E-state index < -0.39 is 0 Å². The number of piperidine rings is 1. The summed E-state index contributed by atoms with van der Waals surface area (Å²) in [5.74, 6) is 0. The van der Waals surface area contributed by atoms with Crippen molar-refractivity contribution < 1.29 is 0 Å². The Labute approximate surface area is 104 Å². The molecular weight excluding hydrogens is 224 g/mol. The number of hydrogen-bond acceptors (Lipinski definition) is 2. The summed E-state index contributed by atoms with van der Waals surface area (Å²) in [5.41, 5.74) is 4.71. The van der Waals surface area contributed by atoms with Gasteiger partial charge in [-0.1, -0.05) is 31.5 Å². The predicted octanol–water partition coefficient (Wildman–Crippen LogP) is 2.57. The van der Waals surface area contributed by atoms with E-state index in [0.29, 0.717) is 0 Å². The van der Waals surface area contributed by atoms with Crippen LogP contribution < -0.4 is 5.73 Å². The summed E-state index contributed by atoms with van der Waals surface area (Å²) in [6.45, 7) is 2.79. The highest BCUT2D eigenvalue weighted by molar-refractivity contribution is 8.10. The molecule has 0 bridgehead atoms. The fourth-order valence-corrected chi connectivity index (χ4v) is 2.55. The number of thiol groups is 1. The van der Waals surface area contributed by atoms with Gasteiger partial charge in [-0.05, 0) is 38.8 Å². The van der Waals surface area contributed by atoms with E-state index in [2.05, 4.69) is 29.7 Å². The Balaban J connectivity index is 0.000000245. The molecular formula is C11H22N2S2. The first-order valence-electron chi connectivity index (χ1n) is 5.92. The zero-order valence-electron chi connectivity index (χ0n) is 9.32. The molecule has 15 heavy (non-hydrogen) atoms. The van der Waals surface area contributed by atoms with E-state index in [9.17, 15) is 0 Å². The molecule has 0 amide bonds. The Morgan fingerprint density at radius 1 is 1.07 bits per heavy atom. The number of hydrogen-bond donors (Lipinski definition) is 2. The molecule has 1 unspecified atom stereocenters. The van der Waals surface area contributed by atoms with E-state index in [1.54, 1.807) is 0 Å². The fraction of sp³-hybridized carbons (Fsp3) is 0.909. The first-order chi connectivity index (χ1) is 7.20. The topological polar surface area (TPSA) is 29.3 Å². The molecule has 2 aliphatic heterocycles. The summed E-state index contributed by atoms with van der Waals surface area (Å²) in [7, 11) is 0. The largest absolute Gasteiger partial charge is 0.385 e. The van der Waals surface area contributed by atoms with Crippen molar-refractivity contribution in [1.29, 1.82) is 0 Å². The maximum absolute atomic E-state index is 4.71. The molecule has 0 aromatic carbocycles. The molecule has 0 saturated carbocycles. The normalized spacial score (nSPS) is 26.9. The van der Waals surface area contributed by atoms with Crippen molar-refractivity contribution in [2.45, 2.75) is 51.0 Å². The molecule has 0 spiro atoms. The molecule has 0 aromatic rings. The Morgan fingerprint density at radius 3 is 2.13 bits per heavy atom. The van der Waals surface area contributed by atoms with E-state index >= 15 is 0 Å². The van der Waals surface area contributed by atoms with Crippen LogP contribution in [0, 0.1) is 0 Å². The second-order valence-electron chi connectivity index (χ2n) is 4.37. The highest BCUT2D eigenvalue weighted by atomic mass is 32.1. The second-order valence-corrected chi connectivity index (χ2v) is 5.60. The summed E-state index contributed by atoms with van der Waals surface area (Å²) >= 11 is 7.65. The lowest BCUT2D eigenvalue weighted by Gasteiger charge is -2.33. The zero-order valence-corrected chi connectivity index (χ0v) is 11.0. The van der Waals surface area contributed by atoms with Crippen LogP contribution in [0.25, 0.3) is 0 Å². The molecule has 2 aliphatic rings. The molecule has 0 radical (unpaired) electrons. The summed E-state index contributed by atoms with van der Waals surface area (Å²) < 4.78 is 0.194. The van der Waals surface area contributed by atoms with Gasteiger partial charge in [0.05, 0.1) is 0 Å². The van der Waals surface area contributed by atoms with Crippen molar-refractivity contribution in [1.82, 2.24) is 4.90 Å². The van der Waals surface area contributed by atoms with Crippen LogP contribution >= 0.6 is 24.8 Å². The first-order valence-corrected chi connectivity index (χ1v) is 6.78. The van der Waals surface area contributed by atoms with Gasteiger partial charge in [-0.15, -0.1) is 12.6 Å². The predicted molar refractivity (Wildman–Crippen MR) is 73.5 cm³/mol. The van der Waals surface area contributed by atoms with Crippen LogP contribution in [-0.2, 0) is 0 Å². The Bertz CT molecular complexity index is 179. The second kappa shape index (κ2) is 7.47. The smallest absolute Gasteiger partial charge is 0.128 e. The lowest BCUT2D eigenvalue weighted by molar-refractivity contribution is 0.152. The quantitative estimate of drug-likeness (QED) is 0.508. The van der Waals surface area contributed by atoms with Crippen molar-refractivity contribution in [3.8, 4) is 0 Å². The average Bonchev–Trinajstić information content (AvgIpc) is 2.41. The third-order valence-corrected chi connectivity index (χ3v) is 3.23. The molecule has 0 aliphatic carbocycles. The van der Waals surface area contributed by atoms with Gasteiger partial charge in [0, 0.05) is 6.04 Å². The fourth-order valence-electron chi connectivity index (χ4n) is 2.55. The van der Waals surface area contributed by atoms with Gasteiger partial charge in [0.1, 0.15) is 4.32 Å². The lowest BCUT2D eigenvalue weighted by Crippen LogP contribution is -2.38. The minimum atomic E-state index is 0.194. The molecule has 2 nitrogen and oxygen atoms in total. The van der Waals surface area contributed by atoms with Crippen LogP contribution in [0.4, 0.5) is 0 Å². The van der Waals surface area contributed by atoms with Gasteiger partial charge in [0.15, 0.2) is 0 Å². The lowest BCUT2D eigenvalue weighted by atomic mass is 9.99. The molecule has 2 N–H and O–H groups in total. The van der Waals surface area contributed by atoms with Crippen LogP contribution in [0.15, 0.2) is 0 Å². The van der Waals surface area contributed by atoms with E-state index in [4.69, 9.17) is 5.73 Å². The molecule has 88 valence electrons. The number of rotatable bonds is 0. The monoisotopic (exact) mass is 246 g/mol. The molecule has 2 fully saturated rings. The number of nitrogens with zero attached hydrogens (tertiary/aromatic N) is 1. The summed E-state index contributed by atoms with van der Waals surface area (Å²) in [6, 6.07) is 0.978. The number of fused-ring (bicyclic) bond motifs is 1. The Kier molecular flexibility index (Phi) is 6.61. The van der Waals surface area contributed by atoms with E-state index in [-0.39, 0.29) is 4.32 Å². The van der Waals surface area contributed by atoms with Gasteiger partial charge in [0.25, 0.3) is 0 Å². The molecule has 0 aromatic heterocycles. The number of nitrogens with two attached hydrogens (primary N) is 1. The van der Waals surface area contributed by atoms with Gasteiger partial charge < -0.3 is 10.6 Å². The van der Waals surface area contributed by atoms with E-state index in [1.807, 2.05) is 0 Å². The molecule has 4 heteroatoms. The van der Waals surface area contributed by atoms with Gasteiger partial charge in [-0.3, -0.25) is 0 Å². The summed E-state index contributed by atoms with van der Waals surface area (Å²) in [4.78, 5) is 2.73. The van der Waals surface area contributed by atoms with E-state index in [0.717, 1.165) is 6.04 Å². The van der Waals surface area contributed by atoms with Crippen molar-refractivity contribution in [3.63, 3.8) is 0 Å². The minimum absolute atomic E-state index is 0.194. The Hall–Kier alpha value is 0.200. The molecule has 2 saturated heterocycles. The molecule has 1 atom stereocenters. The minimum Gasteiger partial charge on any atom is -0.385 e. The standard InChI is InChI=1S/C10H19N.CH3NS2/c1-2-6-10-7-3-5-9-11(10)8-4-1;2-1(3)4/h10H,1-9H2;(H3,2,3,4). The third-order valence-electron chi connectivity index (χ3n) is 3.23. The van der Waals surface area contributed by atoms with Gasteiger partial charge >= 0.3 is 0 Å². The van der Waals surface area contributed by atoms with Crippen LogP contribution in [-0.4, -0.2) is 28.4 Å². The summed E-state index contributed by atoms with van der Waals surface area (Å²) in [6.07, 6.45) is 10.3. The average molecular weight is 246 g/mol. The maximum atomic E-state index is 4.71. The van der Waals surface area contributed by atoms with Crippen molar-refractivity contribution in [2.24, 2.45) is 5.73 Å². The highest BCUT2D eigenvalue weighted by Gasteiger charge is 2.22. The van der Waals surface area contributed by atoms with Gasteiger partial charge in [-0.2, -0.15) is 0 Å². The Morgan fingerprint density at radius 2 is 1.53 bits per heavy atom. The van der Waals surface area contributed by atoms with Crippen LogP contribution in [0.5, 0.6) is 0 Å². The summed E-state index contributed by atoms with van der Waals surface area (Å²) in [5, 5.41) is 0. The third kappa shape index (κ3) is 5.73. The number of thiocarbonyl (C=S) groups is 1. The highest BCUT2D eigenvalue weighted by Crippen LogP contribution is 2.24. The zero-order chi connectivity index (χ0) is 11.1. The SMILES string of the molecule is C1CCC2CCCCN2CC1.NC(=S)S. The molecule has 2 heterocycles. The van der Waals surface area contributed by atoms with Crippen LogP contribution in [0.1, 0.15) is 44.9 Å². The van der Waals surface area contributed by atoms with Crippen molar-refractivity contribution >= 4 is 29.2 Å². The van der Waals surface area contributed by atoms with E-state index in [1.165, 1.54) is 58.0 Å². The maximum Gasteiger partial charge on any atom is 0.128 e.